The van der Waals surface area contributed by atoms with Crippen LogP contribution in [0.3, 0.4) is 0 Å². The van der Waals surface area contributed by atoms with Crippen molar-refractivity contribution >= 4 is 40.2 Å². The molecule has 4 aromatic rings. The van der Waals surface area contributed by atoms with Gasteiger partial charge in [-0.05, 0) is 54.7 Å². The summed E-state index contributed by atoms with van der Waals surface area (Å²) >= 11 is 5.64. The van der Waals surface area contributed by atoms with Gasteiger partial charge in [-0.2, -0.15) is 18.3 Å². The molecule has 12 heteroatoms. The van der Waals surface area contributed by atoms with Gasteiger partial charge in [0.2, 0.25) is 11.9 Å². The molecular weight excluding hydrogens is 555 g/mol. The van der Waals surface area contributed by atoms with Crippen molar-refractivity contribution in [2.75, 3.05) is 11.1 Å². The average molecular weight is 588 g/mol. The largest absolute Gasteiger partial charge is 0.417 e. The molecule has 5 N–H and O–H groups in total. The molecule has 1 amide bonds. The monoisotopic (exact) mass is 587 g/mol. The molecule has 0 atom stereocenters. The Morgan fingerprint density at radius 3 is 2.51 bits per heavy atom. The first kappa shape index (κ1) is 30.3. The minimum absolute atomic E-state index is 0.187. The number of hydrogen-bond donors (Lipinski definition) is 3. The van der Waals surface area contributed by atoms with E-state index in [1.807, 2.05) is 19.1 Å². The number of amides is 1. The van der Waals surface area contributed by atoms with E-state index in [0.29, 0.717) is 6.04 Å². The maximum Gasteiger partial charge on any atom is 0.417 e. The van der Waals surface area contributed by atoms with E-state index < -0.39 is 22.7 Å². The molecule has 2 heterocycles. The van der Waals surface area contributed by atoms with Crippen LogP contribution >= 0.6 is 11.6 Å². The molecule has 218 valence electrons. The summed E-state index contributed by atoms with van der Waals surface area (Å²) in [5.74, 6) is -0.0283. The number of fused-ring (bicyclic) bond motifs is 1. The van der Waals surface area contributed by atoms with Crippen LogP contribution in [0, 0.1) is 0 Å². The van der Waals surface area contributed by atoms with E-state index in [0.717, 1.165) is 46.3 Å². The molecule has 41 heavy (non-hydrogen) atoms. The van der Waals surface area contributed by atoms with E-state index in [-0.39, 0.29) is 23.8 Å². The molecule has 1 aliphatic carbocycles. The number of nitrogens with one attached hydrogen (secondary N) is 1. The van der Waals surface area contributed by atoms with Crippen molar-refractivity contribution in [3.8, 4) is 11.3 Å². The number of carbonyl (C=O) groups is 1. The Morgan fingerprint density at radius 1 is 1.15 bits per heavy atom. The summed E-state index contributed by atoms with van der Waals surface area (Å²) < 4.78 is 40.9. The highest BCUT2D eigenvalue weighted by Crippen LogP contribution is 2.35. The van der Waals surface area contributed by atoms with Crippen molar-refractivity contribution in [2.24, 2.45) is 12.8 Å². The fourth-order valence-corrected chi connectivity index (χ4v) is 5.08. The third-order valence-electron chi connectivity index (χ3n) is 6.96. The minimum Gasteiger partial charge on any atom is -0.368 e. The van der Waals surface area contributed by atoms with Gasteiger partial charge in [0.15, 0.2) is 5.82 Å². The number of alkyl halides is 3. The smallest absolute Gasteiger partial charge is 0.368 e. The quantitative estimate of drug-likeness (QED) is 0.251. The van der Waals surface area contributed by atoms with Crippen LogP contribution in [0.4, 0.5) is 24.9 Å². The fourth-order valence-electron chi connectivity index (χ4n) is 4.86. The van der Waals surface area contributed by atoms with Gasteiger partial charge in [0.1, 0.15) is 0 Å². The van der Waals surface area contributed by atoms with Crippen molar-refractivity contribution in [1.82, 2.24) is 19.7 Å². The zero-order chi connectivity index (χ0) is 29.7. The Bertz CT molecular complexity index is 1530. The summed E-state index contributed by atoms with van der Waals surface area (Å²) in [7, 11) is 1.73. The van der Waals surface area contributed by atoms with Crippen LogP contribution in [-0.2, 0) is 30.9 Å². The first-order valence-corrected chi connectivity index (χ1v) is 13.8. The van der Waals surface area contributed by atoms with E-state index >= 15 is 0 Å². The third kappa shape index (κ3) is 7.74. The standard InChI is InChI=1S/C23H20ClF3N6O.C6H13N/c1-3-13-8-14(9-15-11-29-22(28)31-21(13)15)18-10-19(32-33(18)2)30-20(34)7-12-4-5-17(24)16(6-12)23(25,26)27;7-6-4-2-1-3-5-6/h4-6,8-11H,3,7H2,1-2H3,(H2,28,29,31)(H,30,32,34);6H,1-5,7H2. The summed E-state index contributed by atoms with van der Waals surface area (Å²) in [6.45, 7) is 2.01. The molecule has 5 rings (SSSR count). The lowest BCUT2D eigenvalue weighted by atomic mass is 9.97. The summed E-state index contributed by atoms with van der Waals surface area (Å²) in [5, 5.41) is 7.36. The predicted molar refractivity (Wildman–Crippen MR) is 155 cm³/mol. The molecule has 0 aliphatic heterocycles. The highest BCUT2D eigenvalue weighted by molar-refractivity contribution is 6.31. The van der Waals surface area contributed by atoms with Crippen LogP contribution in [0.5, 0.6) is 0 Å². The van der Waals surface area contributed by atoms with Crippen molar-refractivity contribution in [3.05, 3.63) is 64.3 Å². The molecule has 1 fully saturated rings. The molecule has 2 aromatic heterocycles. The molecule has 8 nitrogen and oxygen atoms in total. The van der Waals surface area contributed by atoms with Crippen LogP contribution in [0.1, 0.15) is 55.7 Å². The lowest BCUT2D eigenvalue weighted by Crippen LogP contribution is -2.22. The lowest BCUT2D eigenvalue weighted by molar-refractivity contribution is -0.137. The number of aromatic nitrogens is 4. The van der Waals surface area contributed by atoms with Crippen molar-refractivity contribution in [2.45, 2.75) is 64.1 Å². The molecule has 0 saturated heterocycles. The van der Waals surface area contributed by atoms with E-state index in [4.69, 9.17) is 23.1 Å². The summed E-state index contributed by atoms with van der Waals surface area (Å²) in [6, 6.07) is 9.51. The Morgan fingerprint density at radius 2 is 1.88 bits per heavy atom. The van der Waals surface area contributed by atoms with Gasteiger partial charge in [-0.3, -0.25) is 9.48 Å². The van der Waals surface area contributed by atoms with Gasteiger partial charge in [-0.25, -0.2) is 9.97 Å². The molecule has 0 spiro atoms. The third-order valence-corrected chi connectivity index (χ3v) is 7.28. The van der Waals surface area contributed by atoms with Crippen LogP contribution in [0.15, 0.2) is 42.6 Å². The number of carbonyl (C=O) groups excluding carboxylic acids is 1. The average Bonchev–Trinajstić information content (AvgIpc) is 3.28. The van der Waals surface area contributed by atoms with Crippen molar-refractivity contribution in [3.63, 3.8) is 0 Å². The lowest BCUT2D eigenvalue weighted by Gasteiger charge is -2.15. The van der Waals surface area contributed by atoms with Gasteiger partial charge >= 0.3 is 6.18 Å². The van der Waals surface area contributed by atoms with Gasteiger partial charge in [-0.15, -0.1) is 0 Å². The zero-order valence-electron chi connectivity index (χ0n) is 22.9. The topological polar surface area (TPSA) is 125 Å². The second-order valence-electron chi connectivity index (χ2n) is 10.1. The van der Waals surface area contributed by atoms with E-state index in [1.165, 1.54) is 38.2 Å². The molecule has 1 aliphatic rings. The van der Waals surface area contributed by atoms with Gasteiger partial charge in [0.25, 0.3) is 0 Å². The highest BCUT2D eigenvalue weighted by atomic mass is 35.5. The molecule has 2 aromatic carbocycles. The highest BCUT2D eigenvalue weighted by Gasteiger charge is 2.33. The van der Waals surface area contributed by atoms with Gasteiger partial charge in [0, 0.05) is 36.3 Å². The first-order valence-electron chi connectivity index (χ1n) is 13.4. The number of nitrogen functional groups attached to an aromatic ring is 1. The predicted octanol–water partition coefficient (Wildman–Crippen LogP) is 6.31. The van der Waals surface area contributed by atoms with Crippen LogP contribution < -0.4 is 16.8 Å². The number of anilines is 2. The molecule has 0 radical (unpaired) electrons. The molecule has 0 unspecified atom stereocenters. The van der Waals surface area contributed by atoms with Crippen LogP contribution in [-0.4, -0.2) is 31.7 Å². The molecular formula is C29H33ClF3N7O. The SMILES string of the molecule is CCc1cc(-c2cc(NC(=O)Cc3ccc(Cl)c(C(F)(F)F)c3)nn2C)cc2cnc(N)nc12.NC1CCCCC1. The normalized spacial score (nSPS) is 14.0. The van der Waals surface area contributed by atoms with Crippen molar-refractivity contribution < 1.29 is 18.0 Å². The van der Waals surface area contributed by atoms with E-state index in [2.05, 4.69) is 20.4 Å². The molecule has 1 saturated carbocycles. The van der Waals surface area contributed by atoms with Gasteiger partial charge in [-0.1, -0.05) is 43.9 Å². The Kier molecular flexibility index (Phi) is 9.49. The fraction of sp³-hybridized carbons (Fsp3) is 0.379. The number of benzene rings is 2. The molecule has 0 bridgehead atoms. The second kappa shape index (κ2) is 12.9. The van der Waals surface area contributed by atoms with Crippen molar-refractivity contribution in [1.29, 1.82) is 0 Å². The number of hydrogen-bond acceptors (Lipinski definition) is 6. The number of nitrogens with two attached hydrogens (primary N) is 2. The van der Waals surface area contributed by atoms with E-state index in [9.17, 15) is 18.0 Å². The maximum atomic E-state index is 13.1. The Hall–Kier alpha value is -3.70. The first-order chi connectivity index (χ1) is 19.4. The van der Waals surface area contributed by atoms with Crippen LogP contribution in [0.2, 0.25) is 5.02 Å². The Balaban J connectivity index is 0.000000483. The Labute approximate surface area is 241 Å². The second-order valence-corrected chi connectivity index (χ2v) is 10.5. The zero-order valence-corrected chi connectivity index (χ0v) is 23.7. The number of nitrogens with zero attached hydrogens (tertiary/aromatic N) is 4. The summed E-state index contributed by atoms with van der Waals surface area (Å²) in [5.41, 5.74) is 13.9. The minimum atomic E-state index is -4.60. The number of rotatable bonds is 5. The van der Waals surface area contributed by atoms with Gasteiger partial charge in [0.05, 0.1) is 28.2 Å². The number of aryl methyl sites for hydroxylation is 2. The van der Waals surface area contributed by atoms with E-state index in [1.54, 1.807) is 24.0 Å². The number of halogens is 4. The van der Waals surface area contributed by atoms with Gasteiger partial charge < -0.3 is 16.8 Å². The summed E-state index contributed by atoms with van der Waals surface area (Å²) in [6.07, 6.45) is 4.17. The van der Waals surface area contributed by atoms with Crippen LogP contribution in [0.25, 0.3) is 22.2 Å². The summed E-state index contributed by atoms with van der Waals surface area (Å²) in [4.78, 5) is 20.9. The maximum absolute atomic E-state index is 13.1.